The van der Waals surface area contributed by atoms with Gasteiger partial charge in [0.1, 0.15) is 0 Å². The Morgan fingerprint density at radius 2 is 2.12 bits per heavy atom. The number of nitrogens with one attached hydrogen (secondary N) is 2. The number of anilines is 2. The van der Waals surface area contributed by atoms with Gasteiger partial charge in [-0.05, 0) is 37.5 Å². The van der Waals surface area contributed by atoms with E-state index in [1.807, 2.05) is 13.0 Å². The molecule has 9 heteroatoms. The van der Waals surface area contributed by atoms with Crippen LogP contribution in [-0.2, 0) is 9.59 Å². The number of hydrogen-bond donors (Lipinski definition) is 2. The molecule has 1 fully saturated rings. The van der Waals surface area contributed by atoms with Gasteiger partial charge in [-0.2, -0.15) is 0 Å². The molecule has 1 heterocycles. The van der Waals surface area contributed by atoms with E-state index in [0.717, 1.165) is 18.4 Å². The summed E-state index contributed by atoms with van der Waals surface area (Å²) in [5, 5.41) is 14.5. The zero-order valence-corrected chi connectivity index (χ0v) is 15.2. The molecular formula is C15H15ClN4O2S2. The smallest absolute Gasteiger partial charge is 0.234 e. The Labute approximate surface area is 152 Å². The lowest BCUT2D eigenvalue weighted by molar-refractivity contribution is -0.117. The number of carbonyl (C=O) groups excluding carboxylic acids is 2. The van der Waals surface area contributed by atoms with Crippen LogP contribution in [-0.4, -0.2) is 27.8 Å². The van der Waals surface area contributed by atoms with Crippen molar-refractivity contribution >= 4 is 57.3 Å². The summed E-state index contributed by atoms with van der Waals surface area (Å²) in [6.07, 6.45) is 1.88. The highest BCUT2D eigenvalue weighted by Gasteiger charge is 2.30. The topological polar surface area (TPSA) is 84.0 Å². The fourth-order valence-electron chi connectivity index (χ4n) is 1.87. The molecule has 1 aromatic heterocycles. The minimum atomic E-state index is -0.154. The minimum absolute atomic E-state index is 0.00306. The summed E-state index contributed by atoms with van der Waals surface area (Å²) in [4.78, 5) is 23.6. The number of benzene rings is 1. The molecule has 1 aliphatic carbocycles. The Morgan fingerprint density at radius 1 is 1.33 bits per heavy atom. The Balaban J connectivity index is 1.48. The average molecular weight is 383 g/mol. The second-order valence-electron chi connectivity index (χ2n) is 5.44. The van der Waals surface area contributed by atoms with E-state index in [2.05, 4.69) is 20.8 Å². The third-order valence-electron chi connectivity index (χ3n) is 3.37. The molecule has 0 bridgehead atoms. The highest BCUT2D eigenvalue weighted by molar-refractivity contribution is 8.01. The van der Waals surface area contributed by atoms with Crippen molar-refractivity contribution in [1.29, 1.82) is 0 Å². The van der Waals surface area contributed by atoms with Crippen LogP contribution < -0.4 is 10.6 Å². The highest BCUT2D eigenvalue weighted by Crippen LogP contribution is 2.31. The fourth-order valence-corrected chi connectivity index (χ4v) is 3.60. The van der Waals surface area contributed by atoms with Crippen LogP contribution in [0.15, 0.2) is 22.5 Å². The number of thioether (sulfide) groups is 1. The number of nitrogens with zero attached hydrogens (tertiary/aromatic N) is 2. The van der Waals surface area contributed by atoms with Gasteiger partial charge in [0, 0.05) is 16.6 Å². The monoisotopic (exact) mass is 382 g/mol. The van der Waals surface area contributed by atoms with E-state index < -0.39 is 0 Å². The van der Waals surface area contributed by atoms with E-state index in [-0.39, 0.29) is 23.5 Å². The standard InChI is InChI=1S/C15H15ClN4O2S2/c1-8-2-5-10(6-11(8)16)17-12(21)7-23-15-20-19-14(24-15)18-13(22)9-3-4-9/h2,5-6,9H,3-4,7H2,1H3,(H,17,21)(H,18,19,22). The molecule has 24 heavy (non-hydrogen) atoms. The third kappa shape index (κ3) is 4.68. The van der Waals surface area contributed by atoms with Gasteiger partial charge < -0.3 is 10.6 Å². The van der Waals surface area contributed by atoms with Gasteiger partial charge >= 0.3 is 0 Å². The molecule has 0 radical (unpaired) electrons. The predicted molar refractivity (Wildman–Crippen MR) is 96.8 cm³/mol. The maximum absolute atomic E-state index is 12.0. The lowest BCUT2D eigenvalue weighted by atomic mass is 10.2. The number of halogens is 1. The Bertz CT molecular complexity index is 777. The second-order valence-corrected chi connectivity index (χ2v) is 8.04. The van der Waals surface area contributed by atoms with Crippen molar-refractivity contribution in [3.63, 3.8) is 0 Å². The van der Waals surface area contributed by atoms with E-state index in [9.17, 15) is 9.59 Å². The molecule has 1 aromatic carbocycles. The number of rotatable bonds is 6. The molecule has 1 aliphatic rings. The molecule has 0 aliphatic heterocycles. The molecule has 2 N–H and O–H groups in total. The maximum Gasteiger partial charge on any atom is 0.234 e. The van der Waals surface area contributed by atoms with Crippen molar-refractivity contribution < 1.29 is 9.59 Å². The van der Waals surface area contributed by atoms with Crippen LogP contribution in [0.1, 0.15) is 18.4 Å². The summed E-state index contributed by atoms with van der Waals surface area (Å²) in [6, 6.07) is 5.38. The summed E-state index contributed by atoms with van der Waals surface area (Å²) in [7, 11) is 0. The van der Waals surface area contributed by atoms with Crippen LogP contribution in [0.2, 0.25) is 5.02 Å². The van der Waals surface area contributed by atoms with Gasteiger partial charge in [0.05, 0.1) is 5.75 Å². The van der Waals surface area contributed by atoms with Crippen LogP contribution >= 0.6 is 34.7 Å². The molecule has 0 spiro atoms. The van der Waals surface area contributed by atoms with Gasteiger partial charge in [-0.25, -0.2) is 0 Å². The maximum atomic E-state index is 12.0. The van der Waals surface area contributed by atoms with Crippen LogP contribution in [0.5, 0.6) is 0 Å². The molecule has 2 amide bonds. The Morgan fingerprint density at radius 3 is 2.83 bits per heavy atom. The van der Waals surface area contributed by atoms with Gasteiger partial charge in [0.25, 0.3) is 0 Å². The van der Waals surface area contributed by atoms with E-state index in [0.29, 0.717) is 20.2 Å². The Hall–Kier alpha value is -1.64. The molecule has 126 valence electrons. The Kier molecular flexibility index (Phi) is 5.37. The van der Waals surface area contributed by atoms with Crippen LogP contribution in [0.3, 0.4) is 0 Å². The van der Waals surface area contributed by atoms with E-state index >= 15 is 0 Å². The predicted octanol–water partition coefficient (Wildman–Crippen LogP) is 3.58. The quantitative estimate of drug-likeness (QED) is 0.589. The lowest BCUT2D eigenvalue weighted by Crippen LogP contribution is -2.13. The summed E-state index contributed by atoms with van der Waals surface area (Å²) in [5.41, 5.74) is 1.62. The normalized spacial score (nSPS) is 13.6. The molecule has 2 aromatic rings. The summed E-state index contributed by atoms with van der Waals surface area (Å²) < 4.78 is 0.637. The first-order valence-electron chi connectivity index (χ1n) is 7.34. The van der Waals surface area contributed by atoms with Crippen molar-refractivity contribution in [2.45, 2.75) is 24.1 Å². The van der Waals surface area contributed by atoms with Gasteiger partial charge in [-0.15, -0.1) is 10.2 Å². The van der Waals surface area contributed by atoms with Crippen molar-refractivity contribution in [2.24, 2.45) is 5.92 Å². The number of amides is 2. The van der Waals surface area contributed by atoms with Gasteiger partial charge in [-0.1, -0.05) is 40.8 Å². The number of aromatic nitrogens is 2. The molecule has 0 atom stereocenters. The van der Waals surface area contributed by atoms with Crippen molar-refractivity contribution in [3.05, 3.63) is 28.8 Å². The molecule has 0 unspecified atom stereocenters. The first-order chi connectivity index (χ1) is 11.5. The number of aryl methyl sites for hydroxylation is 1. The zero-order valence-electron chi connectivity index (χ0n) is 12.8. The van der Waals surface area contributed by atoms with Gasteiger partial charge in [0.2, 0.25) is 16.9 Å². The number of hydrogen-bond acceptors (Lipinski definition) is 6. The van der Waals surface area contributed by atoms with E-state index in [4.69, 9.17) is 11.6 Å². The molecular weight excluding hydrogens is 368 g/mol. The molecule has 0 saturated heterocycles. The van der Waals surface area contributed by atoms with Gasteiger partial charge in [0.15, 0.2) is 4.34 Å². The third-order valence-corrected chi connectivity index (χ3v) is 5.75. The first kappa shape index (κ1) is 17.2. The minimum Gasteiger partial charge on any atom is -0.325 e. The largest absolute Gasteiger partial charge is 0.325 e. The molecule has 3 rings (SSSR count). The van der Waals surface area contributed by atoms with Crippen LogP contribution in [0.25, 0.3) is 0 Å². The first-order valence-corrected chi connectivity index (χ1v) is 9.52. The van der Waals surface area contributed by atoms with Gasteiger partial charge in [-0.3, -0.25) is 9.59 Å². The van der Waals surface area contributed by atoms with Crippen LogP contribution in [0.4, 0.5) is 10.8 Å². The summed E-state index contributed by atoms with van der Waals surface area (Å²) in [6.45, 7) is 1.90. The average Bonchev–Trinajstić information content (AvgIpc) is 3.30. The zero-order chi connectivity index (χ0) is 17.1. The lowest BCUT2D eigenvalue weighted by Gasteiger charge is -2.05. The number of carbonyl (C=O) groups is 2. The fraction of sp³-hybridized carbons (Fsp3) is 0.333. The van der Waals surface area contributed by atoms with Crippen molar-refractivity contribution in [2.75, 3.05) is 16.4 Å². The summed E-state index contributed by atoms with van der Waals surface area (Å²) >= 11 is 8.58. The van der Waals surface area contributed by atoms with E-state index in [1.165, 1.54) is 23.1 Å². The second kappa shape index (κ2) is 7.50. The molecule has 6 nitrogen and oxygen atoms in total. The van der Waals surface area contributed by atoms with Crippen molar-refractivity contribution in [1.82, 2.24) is 10.2 Å². The molecule has 1 saturated carbocycles. The SMILES string of the molecule is Cc1ccc(NC(=O)CSc2nnc(NC(=O)C3CC3)s2)cc1Cl. The van der Waals surface area contributed by atoms with Crippen molar-refractivity contribution in [3.8, 4) is 0 Å². The summed E-state index contributed by atoms with van der Waals surface area (Å²) in [5.74, 6) is 0.170. The highest BCUT2D eigenvalue weighted by atomic mass is 35.5. The van der Waals surface area contributed by atoms with Crippen LogP contribution in [0, 0.1) is 12.8 Å². The van der Waals surface area contributed by atoms with E-state index in [1.54, 1.807) is 12.1 Å².